The van der Waals surface area contributed by atoms with Gasteiger partial charge >= 0.3 is 0 Å². The van der Waals surface area contributed by atoms with Crippen LogP contribution in [0.5, 0.6) is 0 Å². The lowest BCUT2D eigenvalue weighted by Gasteiger charge is -2.11. The third-order valence-electron chi connectivity index (χ3n) is 4.83. The molecule has 0 aliphatic carbocycles. The molecule has 4 rings (SSSR count). The van der Waals surface area contributed by atoms with Gasteiger partial charge in [-0.05, 0) is 38.8 Å². The fourth-order valence-electron chi connectivity index (χ4n) is 3.58. The molecule has 0 saturated heterocycles. The molecule has 4 aromatic rings. The van der Waals surface area contributed by atoms with Gasteiger partial charge in [-0.3, -0.25) is 19.4 Å². The maximum absolute atomic E-state index is 12.6. The molecule has 0 fully saturated rings. The van der Waals surface area contributed by atoms with Crippen molar-refractivity contribution in [1.29, 1.82) is 0 Å². The van der Waals surface area contributed by atoms with Crippen molar-refractivity contribution in [3.63, 3.8) is 0 Å². The molecule has 0 atom stereocenters. The summed E-state index contributed by atoms with van der Waals surface area (Å²) in [5.74, 6) is 0.0938. The van der Waals surface area contributed by atoms with E-state index in [0.717, 1.165) is 22.1 Å². The van der Waals surface area contributed by atoms with Crippen LogP contribution in [0.4, 0.5) is 0 Å². The van der Waals surface area contributed by atoms with Crippen molar-refractivity contribution in [2.24, 2.45) is 0 Å². The lowest BCUT2D eigenvalue weighted by molar-refractivity contribution is 0.542. The van der Waals surface area contributed by atoms with Gasteiger partial charge < -0.3 is 9.40 Å². The Morgan fingerprint density at radius 1 is 1.08 bits per heavy atom. The standard InChI is InChI=1S/C19H21N3O3/c1-8(2)13-14-18(22(9(3)4)21-19(14)24)20-15-11-6-7-12(23)10(5)16(11)25-17(13)15/h6-9,20H,1-5H3,(H,21,24). The van der Waals surface area contributed by atoms with Crippen LogP contribution >= 0.6 is 0 Å². The summed E-state index contributed by atoms with van der Waals surface area (Å²) >= 11 is 0. The Bertz CT molecular complexity index is 1250. The maximum Gasteiger partial charge on any atom is 0.274 e. The highest BCUT2D eigenvalue weighted by molar-refractivity contribution is 6.08. The van der Waals surface area contributed by atoms with Crippen molar-refractivity contribution < 1.29 is 4.42 Å². The highest BCUT2D eigenvalue weighted by atomic mass is 16.3. The first-order valence-electron chi connectivity index (χ1n) is 8.53. The number of nitrogens with one attached hydrogen (secondary N) is 2. The van der Waals surface area contributed by atoms with Crippen molar-refractivity contribution in [1.82, 2.24) is 14.8 Å². The molecule has 0 aliphatic heterocycles. The third-order valence-corrected chi connectivity index (χ3v) is 4.83. The summed E-state index contributed by atoms with van der Waals surface area (Å²) < 4.78 is 7.94. The lowest BCUT2D eigenvalue weighted by atomic mass is 9.99. The minimum Gasteiger partial charge on any atom is -0.454 e. The van der Waals surface area contributed by atoms with E-state index in [1.54, 1.807) is 19.1 Å². The van der Waals surface area contributed by atoms with Crippen molar-refractivity contribution in [2.75, 3.05) is 0 Å². The van der Waals surface area contributed by atoms with Crippen LogP contribution in [0.3, 0.4) is 0 Å². The molecule has 0 saturated carbocycles. The van der Waals surface area contributed by atoms with Crippen molar-refractivity contribution >= 4 is 33.1 Å². The number of benzene rings is 1. The summed E-state index contributed by atoms with van der Waals surface area (Å²) in [5.41, 5.74) is 4.08. The largest absolute Gasteiger partial charge is 0.454 e. The number of nitrogens with zero attached hydrogens (tertiary/aromatic N) is 1. The van der Waals surface area contributed by atoms with Crippen LogP contribution in [0.1, 0.15) is 50.8 Å². The van der Waals surface area contributed by atoms with E-state index in [-0.39, 0.29) is 22.9 Å². The topological polar surface area (TPSA) is 83.8 Å². The molecule has 2 N–H and O–H groups in total. The summed E-state index contributed by atoms with van der Waals surface area (Å²) in [6, 6.07) is 3.45. The zero-order chi connectivity index (χ0) is 18.0. The van der Waals surface area contributed by atoms with E-state index in [1.807, 2.05) is 32.4 Å². The number of furan rings is 1. The zero-order valence-corrected chi connectivity index (χ0v) is 15.0. The summed E-state index contributed by atoms with van der Waals surface area (Å²) in [5, 5.41) is 4.40. The highest BCUT2D eigenvalue weighted by Crippen LogP contribution is 2.36. The molecule has 0 amide bonds. The monoisotopic (exact) mass is 339 g/mol. The first-order valence-corrected chi connectivity index (χ1v) is 8.53. The van der Waals surface area contributed by atoms with Gasteiger partial charge in [-0.1, -0.05) is 13.8 Å². The van der Waals surface area contributed by atoms with Crippen molar-refractivity contribution in [3.8, 4) is 0 Å². The van der Waals surface area contributed by atoms with Gasteiger partial charge in [0, 0.05) is 22.6 Å². The molecular weight excluding hydrogens is 318 g/mol. The number of hydrogen-bond acceptors (Lipinski definition) is 3. The van der Waals surface area contributed by atoms with Crippen LogP contribution in [-0.2, 0) is 0 Å². The molecule has 25 heavy (non-hydrogen) atoms. The fourth-order valence-corrected chi connectivity index (χ4v) is 3.58. The van der Waals surface area contributed by atoms with Crippen LogP contribution < -0.4 is 11.0 Å². The number of fused-ring (bicyclic) bond motifs is 4. The Kier molecular flexibility index (Phi) is 3.22. The highest BCUT2D eigenvalue weighted by Gasteiger charge is 2.23. The van der Waals surface area contributed by atoms with Crippen LogP contribution in [-0.4, -0.2) is 14.8 Å². The summed E-state index contributed by atoms with van der Waals surface area (Å²) in [7, 11) is 0. The van der Waals surface area contributed by atoms with E-state index in [0.29, 0.717) is 22.1 Å². The Hall–Kier alpha value is -2.76. The van der Waals surface area contributed by atoms with Crippen LogP contribution in [0.25, 0.3) is 33.1 Å². The van der Waals surface area contributed by atoms with Gasteiger partial charge in [0.05, 0.1) is 10.9 Å². The average Bonchev–Trinajstić information content (AvgIpc) is 3.07. The number of pyridine rings is 1. The van der Waals surface area contributed by atoms with Gasteiger partial charge in [0.2, 0.25) is 0 Å². The second-order valence-electron chi connectivity index (χ2n) is 7.19. The van der Waals surface area contributed by atoms with E-state index < -0.39 is 0 Å². The molecule has 0 aliphatic rings. The fraction of sp³-hybridized carbons (Fsp3) is 0.368. The van der Waals surface area contributed by atoms with Gasteiger partial charge in [0.25, 0.3) is 5.56 Å². The number of rotatable bonds is 2. The normalized spacial score (nSPS) is 12.4. The molecule has 0 bridgehead atoms. The van der Waals surface area contributed by atoms with E-state index in [1.165, 1.54) is 0 Å². The Morgan fingerprint density at radius 3 is 2.44 bits per heavy atom. The van der Waals surface area contributed by atoms with E-state index in [4.69, 9.17) is 4.42 Å². The van der Waals surface area contributed by atoms with Gasteiger partial charge in [-0.25, -0.2) is 0 Å². The predicted octanol–water partition coefficient (Wildman–Crippen LogP) is 3.93. The van der Waals surface area contributed by atoms with E-state index >= 15 is 0 Å². The number of H-pyrrole nitrogens is 2. The Labute approximate surface area is 143 Å². The Balaban J connectivity index is 2.33. The second-order valence-corrected chi connectivity index (χ2v) is 7.19. The van der Waals surface area contributed by atoms with Crippen molar-refractivity contribution in [3.05, 3.63) is 43.8 Å². The minimum absolute atomic E-state index is 0.0493. The molecule has 3 heterocycles. The molecule has 1 aromatic carbocycles. The molecule has 6 nitrogen and oxygen atoms in total. The predicted molar refractivity (Wildman–Crippen MR) is 99.7 cm³/mol. The molecular formula is C19H21N3O3. The second kappa shape index (κ2) is 5.12. The smallest absolute Gasteiger partial charge is 0.274 e. The van der Waals surface area contributed by atoms with Crippen molar-refractivity contribution in [2.45, 2.75) is 46.6 Å². The SMILES string of the molecule is Cc1c(=O)ccc2c1oc1c(C(C)C)c3c(=O)[nH]n(C(C)C)c3[nH]c12. The quantitative estimate of drug-likeness (QED) is 0.580. The van der Waals surface area contributed by atoms with E-state index in [2.05, 4.69) is 10.1 Å². The molecule has 6 heteroatoms. The lowest BCUT2D eigenvalue weighted by Crippen LogP contribution is -2.08. The van der Waals surface area contributed by atoms with Crippen LogP contribution in [0.15, 0.2) is 26.1 Å². The average molecular weight is 339 g/mol. The molecule has 130 valence electrons. The number of aromatic nitrogens is 3. The third kappa shape index (κ3) is 2.03. The summed E-state index contributed by atoms with van der Waals surface area (Å²) in [4.78, 5) is 28.0. The van der Waals surface area contributed by atoms with Gasteiger partial charge in [-0.15, -0.1) is 0 Å². The summed E-state index contributed by atoms with van der Waals surface area (Å²) in [6.07, 6.45) is 0. The molecule has 0 spiro atoms. The molecule has 0 radical (unpaired) electrons. The molecule has 0 unspecified atom stereocenters. The first kappa shape index (κ1) is 15.7. The first-order chi connectivity index (χ1) is 11.8. The van der Waals surface area contributed by atoms with Crippen LogP contribution in [0.2, 0.25) is 0 Å². The van der Waals surface area contributed by atoms with E-state index in [9.17, 15) is 9.59 Å². The summed E-state index contributed by atoms with van der Waals surface area (Å²) in [6.45, 7) is 9.88. The maximum atomic E-state index is 12.6. The van der Waals surface area contributed by atoms with Gasteiger partial charge in [0.15, 0.2) is 11.0 Å². The number of aromatic amines is 2. The number of aryl methyl sites for hydroxylation is 1. The zero-order valence-electron chi connectivity index (χ0n) is 15.0. The number of hydrogen-bond donors (Lipinski definition) is 2. The van der Waals surface area contributed by atoms with Gasteiger partial charge in [0.1, 0.15) is 11.2 Å². The molecule has 3 aromatic heterocycles. The van der Waals surface area contributed by atoms with Gasteiger partial charge in [-0.2, -0.15) is 0 Å². The minimum atomic E-state index is -0.132. The Morgan fingerprint density at radius 2 is 1.80 bits per heavy atom. The van der Waals surface area contributed by atoms with Crippen LogP contribution in [0, 0.1) is 6.92 Å².